The van der Waals surface area contributed by atoms with Crippen LogP contribution in [-0.2, 0) is 4.79 Å². The molecule has 1 aromatic heterocycles. The van der Waals surface area contributed by atoms with Crippen molar-refractivity contribution in [1.82, 2.24) is 10.3 Å². The Morgan fingerprint density at radius 3 is 2.62 bits per heavy atom. The Bertz CT molecular complexity index is 980. The Hall–Kier alpha value is -2.32. The Kier molecular flexibility index (Phi) is 8.37. The molecule has 1 atom stereocenters. The lowest BCUT2D eigenvalue weighted by Gasteiger charge is -2.26. The smallest absolute Gasteiger partial charge is 0.306 e. The number of anilines is 1. The summed E-state index contributed by atoms with van der Waals surface area (Å²) in [4.78, 5) is 28.0. The summed E-state index contributed by atoms with van der Waals surface area (Å²) in [5, 5.41) is 16.0. The van der Waals surface area contributed by atoms with E-state index in [-0.39, 0.29) is 17.9 Å². The van der Waals surface area contributed by atoms with Gasteiger partial charge in [-0.05, 0) is 78.7 Å². The third-order valence-corrected chi connectivity index (χ3v) is 6.70. The zero-order valence-electron chi connectivity index (χ0n) is 18.0. The van der Waals surface area contributed by atoms with Crippen LogP contribution in [0.1, 0.15) is 54.6 Å². The summed E-state index contributed by atoms with van der Waals surface area (Å²) in [6.07, 6.45) is 4.49. The minimum atomic E-state index is -0.722. The van der Waals surface area contributed by atoms with Gasteiger partial charge in [-0.3, -0.25) is 9.59 Å². The van der Waals surface area contributed by atoms with Gasteiger partial charge in [0.15, 0.2) is 0 Å². The van der Waals surface area contributed by atoms with Gasteiger partial charge < -0.3 is 20.5 Å². The van der Waals surface area contributed by atoms with E-state index in [1.165, 1.54) is 6.20 Å². The molecule has 9 heteroatoms. The van der Waals surface area contributed by atoms with Crippen LogP contribution in [-0.4, -0.2) is 35.6 Å². The van der Waals surface area contributed by atoms with Gasteiger partial charge in [-0.25, -0.2) is 4.98 Å². The number of aliphatic carboxylic acids is 1. The number of nitrogens with one attached hydrogen (secondary N) is 2. The quantitative estimate of drug-likeness (QED) is 0.433. The minimum absolute atomic E-state index is 0.131. The number of benzene rings is 1. The molecule has 0 radical (unpaired) electrons. The highest BCUT2D eigenvalue weighted by Gasteiger charge is 2.26. The fraction of sp³-hybridized carbons (Fsp3) is 0.435. The van der Waals surface area contributed by atoms with Crippen LogP contribution < -0.4 is 15.4 Å². The van der Waals surface area contributed by atoms with Crippen LogP contribution in [0.5, 0.6) is 5.75 Å². The van der Waals surface area contributed by atoms with E-state index in [0.717, 1.165) is 24.2 Å². The number of hydrogen-bond donors (Lipinski definition) is 3. The molecule has 0 bridgehead atoms. The average molecular weight is 525 g/mol. The molecular weight excluding hydrogens is 498 g/mol. The maximum absolute atomic E-state index is 12.6. The average Bonchev–Trinajstić information content (AvgIpc) is 2.78. The normalized spacial score (nSPS) is 19.1. The SMILES string of the molecule is COc1ccc(Cl)cc1[C@H](C)Nc1ncc(C(=O)NCC2CCC(C(=O)O)CC2)cc1Br. The van der Waals surface area contributed by atoms with E-state index < -0.39 is 5.97 Å². The molecule has 1 aliphatic carbocycles. The number of amides is 1. The lowest BCUT2D eigenvalue weighted by atomic mass is 9.82. The zero-order chi connectivity index (χ0) is 23.3. The van der Waals surface area contributed by atoms with Crippen molar-refractivity contribution in [2.24, 2.45) is 11.8 Å². The van der Waals surface area contributed by atoms with Crippen molar-refractivity contribution in [1.29, 1.82) is 0 Å². The van der Waals surface area contributed by atoms with Crippen LogP contribution in [0.2, 0.25) is 5.02 Å². The molecule has 1 amide bonds. The topological polar surface area (TPSA) is 101 Å². The number of carboxylic acids is 1. The first-order valence-corrected chi connectivity index (χ1v) is 11.7. The number of carbonyl (C=O) groups excluding carboxylic acids is 1. The Morgan fingerprint density at radius 2 is 2.00 bits per heavy atom. The molecular formula is C23H27BrClN3O4. The summed E-state index contributed by atoms with van der Waals surface area (Å²) in [7, 11) is 1.61. The summed E-state index contributed by atoms with van der Waals surface area (Å²) in [6, 6.07) is 7.04. The van der Waals surface area contributed by atoms with E-state index >= 15 is 0 Å². The zero-order valence-corrected chi connectivity index (χ0v) is 20.4. The Labute approximate surface area is 201 Å². The molecule has 172 valence electrons. The second-order valence-corrected chi connectivity index (χ2v) is 9.36. The number of hydrogen-bond acceptors (Lipinski definition) is 5. The monoisotopic (exact) mass is 523 g/mol. The van der Waals surface area contributed by atoms with Crippen molar-refractivity contribution in [2.45, 2.75) is 38.6 Å². The highest BCUT2D eigenvalue weighted by Crippen LogP contribution is 2.32. The van der Waals surface area contributed by atoms with Crippen molar-refractivity contribution >= 4 is 45.2 Å². The number of ether oxygens (including phenoxy) is 1. The summed E-state index contributed by atoms with van der Waals surface area (Å²) in [5.41, 5.74) is 1.35. The van der Waals surface area contributed by atoms with Crippen molar-refractivity contribution in [2.75, 3.05) is 19.0 Å². The van der Waals surface area contributed by atoms with Crippen molar-refractivity contribution in [3.63, 3.8) is 0 Å². The first kappa shape index (κ1) is 24.3. The van der Waals surface area contributed by atoms with Gasteiger partial charge in [0.25, 0.3) is 5.91 Å². The minimum Gasteiger partial charge on any atom is -0.496 e. The van der Waals surface area contributed by atoms with Crippen molar-refractivity contribution in [3.05, 3.63) is 51.1 Å². The lowest BCUT2D eigenvalue weighted by Crippen LogP contribution is -2.32. The number of aromatic nitrogens is 1. The molecule has 0 spiro atoms. The van der Waals surface area contributed by atoms with E-state index in [9.17, 15) is 9.59 Å². The maximum Gasteiger partial charge on any atom is 0.306 e. The third-order valence-electron chi connectivity index (χ3n) is 5.86. The summed E-state index contributed by atoms with van der Waals surface area (Å²) >= 11 is 9.63. The van der Waals surface area contributed by atoms with Gasteiger partial charge in [0.1, 0.15) is 11.6 Å². The highest BCUT2D eigenvalue weighted by atomic mass is 79.9. The molecule has 1 aromatic carbocycles. The molecule has 2 aromatic rings. The first-order chi connectivity index (χ1) is 15.3. The molecule has 3 rings (SSSR count). The second-order valence-electron chi connectivity index (χ2n) is 8.07. The fourth-order valence-corrected chi connectivity index (χ4v) is 4.59. The van der Waals surface area contributed by atoms with Gasteiger partial charge in [0.05, 0.1) is 29.1 Å². The summed E-state index contributed by atoms with van der Waals surface area (Å²) in [6.45, 7) is 2.51. The third kappa shape index (κ3) is 6.13. The Morgan fingerprint density at radius 1 is 1.28 bits per heavy atom. The van der Waals surface area contributed by atoms with E-state index in [2.05, 4.69) is 31.5 Å². The van der Waals surface area contributed by atoms with Crippen LogP contribution in [0.25, 0.3) is 0 Å². The van der Waals surface area contributed by atoms with Crippen LogP contribution in [0.3, 0.4) is 0 Å². The number of rotatable bonds is 8. The standard InChI is InChI=1S/C23H27BrClN3O4/c1-13(18-10-17(25)7-8-20(18)32-2)28-21-19(24)9-16(12-26-21)22(29)27-11-14-3-5-15(6-4-14)23(30)31/h7-10,12-15H,3-6,11H2,1-2H3,(H,26,28)(H,27,29)(H,30,31)/t13-,14?,15?/m0/s1. The van der Waals surface area contributed by atoms with Gasteiger partial charge in [0.2, 0.25) is 0 Å². The molecule has 0 saturated heterocycles. The van der Waals surface area contributed by atoms with E-state index in [4.69, 9.17) is 21.4 Å². The van der Waals surface area contributed by atoms with E-state index in [1.54, 1.807) is 19.2 Å². The highest BCUT2D eigenvalue weighted by molar-refractivity contribution is 9.10. The number of halogens is 2. The number of nitrogens with zero attached hydrogens (tertiary/aromatic N) is 1. The molecule has 0 unspecified atom stereocenters. The van der Waals surface area contributed by atoms with Crippen molar-refractivity contribution in [3.8, 4) is 5.75 Å². The number of carbonyl (C=O) groups is 2. The van der Waals surface area contributed by atoms with Crippen molar-refractivity contribution < 1.29 is 19.4 Å². The van der Waals surface area contributed by atoms with Gasteiger partial charge in [-0.2, -0.15) is 0 Å². The lowest BCUT2D eigenvalue weighted by molar-refractivity contribution is -0.143. The molecule has 1 fully saturated rings. The first-order valence-electron chi connectivity index (χ1n) is 10.5. The molecule has 0 aliphatic heterocycles. The Balaban J connectivity index is 1.58. The van der Waals surface area contributed by atoms with E-state index in [0.29, 0.717) is 46.2 Å². The molecule has 7 nitrogen and oxygen atoms in total. The summed E-state index contributed by atoms with van der Waals surface area (Å²) in [5.74, 6) is 0.453. The molecule has 32 heavy (non-hydrogen) atoms. The molecule has 1 saturated carbocycles. The predicted octanol–water partition coefficient (Wildman–Crippen LogP) is 5.30. The van der Waals surface area contributed by atoms with Gasteiger partial charge >= 0.3 is 5.97 Å². The van der Waals surface area contributed by atoms with Crippen LogP contribution in [0.4, 0.5) is 5.82 Å². The van der Waals surface area contributed by atoms with Gasteiger partial charge in [-0.15, -0.1) is 0 Å². The van der Waals surface area contributed by atoms with E-state index in [1.807, 2.05) is 19.1 Å². The predicted molar refractivity (Wildman–Crippen MR) is 127 cm³/mol. The van der Waals surface area contributed by atoms with Crippen LogP contribution >= 0.6 is 27.5 Å². The fourth-order valence-electron chi connectivity index (χ4n) is 3.95. The number of carboxylic acid groups (broad SMARTS) is 1. The second kappa shape index (κ2) is 11.0. The number of pyridine rings is 1. The molecule has 3 N–H and O–H groups in total. The largest absolute Gasteiger partial charge is 0.496 e. The molecule has 1 aliphatic rings. The number of methoxy groups -OCH3 is 1. The van der Waals surface area contributed by atoms with Crippen LogP contribution in [0, 0.1) is 11.8 Å². The maximum atomic E-state index is 12.6. The van der Waals surface area contributed by atoms with Gasteiger partial charge in [0, 0.05) is 23.3 Å². The summed E-state index contributed by atoms with van der Waals surface area (Å²) < 4.78 is 6.09. The van der Waals surface area contributed by atoms with Gasteiger partial charge in [-0.1, -0.05) is 11.6 Å². The van der Waals surface area contributed by atoms with Crippen LogP contribution in [0.15, 0.2) is 34.9 Å². The molecule has 1 heterocycles.